The Bertz CT molecular complexity index is 312. The van der Waals surface area contributed by atoms with Gasteiger partial charge in [-0.25, -0.2) is 4.68 Å². The van der Waals surface area contributed by atoms with E-state index in [9.17, 15) is 5.11 Å². The molecule has 78 valence electrons. The number of hydrogen-bond donors (Lipinski definition) is 1. The molecule has 0 saturated carbocycles. The molecule has 1 fully saturated rings. The van der Waals surface area contributed by atoms with Gasteiger partial charge in [0.25, 0.3) is 0 Å². The Balaban J connectivity index is 2.10. The van der Waals surface area contributed by atoms with Crippen LogP contribution in [0.5, 0.6) is 0 Å². The van der Waals surface area contributed by atoms with Gasteiger partial charge in [0, 0.05) is 20.1 Å². The molecule has 1 N–H and O–H groups in total. The SMILES string of the molecule is CC1CN(c2nnnn2C)CCC1O. The molecule has 0 aliphatic carbocycles. The number of hydrogen-bond acceptors (Lipinski definition) is 5. The molecule has 0 bridgehead atoms. The van der Waals surface area contributed by atoms with Crippen LogP contribution in [0, 0.1) is 5.92 Å². The molecule has 1 saturated heterocycles. The van der Waals surface area contributed by atoms with Crippen LogP contribution in [-0.2, 0) is 7.05 Å². The number of piperidine rings is 1. The van der Waals surface area contributed by atoms with Crippen LogP contribution in [0.3, 0.4) is 0 Å². The van der Waals surface area contributed by atoms with Gasteiger partial charge in [-0.05, 0) is 22.8 Å². The Morgan fingerprint density at radius 3 is 2.86 bits per heavy atom. The molecular formula is C8H15N5O. The molecule has 2 rings (SSSR count). The zero-order chi connectivity index (χ0) is 10.1. The average molecular weight is 197 g/mol. The first-order valence-electron chi connectivity index (χ1n) is 4.84. The molecule has 0 aromatic carbocycles. The first kappa shape index (κ1) is 9.39. The van der Waals surface area contributed by atoms with Crippen LogP contribution in [0.1, 0.15) is 13.3 Å². The lowest BCUT2D eigenvalue weighted by molar-refractivity contribution is 0.0964. The van der Waals surface area contributed by atoms with Crippen molar-refractivity contribution in [1.29, 1.82) is 0 Å². The van der Waals surface area contributed by atoms with Crippen molar-refractivity contribution in [2.24, 2.45) is 13.0 Å². The van der Waals surface area contributed by atoms with Gasteiger partial charge < -0.3 is 10.0 Å². The third-order valence-electron chi connectivity index (χ3n) is 2.74. The lowest BCUT2D eigenvalue weighted by atomic mass is 9.97. The minimum Gasteiger partial charge on any atom is -0.393 e. The van der Waals surface area contributed by atoms with E-state index >= 15 is 0 Å². The fourth-order valence-corrected chi connectivity index (χ4v) is 1.81. The Morgan fingerprint density at radius 1 is 1.50 bits per heavy atom. The van der Waals surface area contributed by atoms with Crippen LogP contribution < -0.4 is 4.90 Å². The van der Waals surface area contributed by atoms with E-state index in [2.05, 4.69) is 20.4 Å². The highest BCUT2D eigenvalue weighted by Crippen LogP contribution is 2.20. The average Bonchev–Trinajstić information content (AvgIpc) is 2.57. The Morgan fingerprint density at radius 2 is 2.29 bits per heavy atom. The summed E-state index contributed by atoms with van der Waals surface area (Å²) >= 11 is 0. The number of aromatic nitrogens is 4. The number of aliphatic hydroxyl groups is 1. The van der Waals surface area contributed by atoms with Gasteiger partial charge in [-0.2, -0.15) is 0 Å². The normalized spacial score (nSPS) is 28.1. The Hall–Kier alpha value is -1.17. The van der Waals surface area contributed by atoms with Crippen LogP contribution in [0.25, 0.3) is 0 Å². The van der Waals surface area contributed by atoms with E-state index in [1.165, 1.54) is 0 Å². The van der Waals surface area contributed by atoms with Gasteiger partial charge in [-0.3, -0.25) is 0 Å². The highest BCUT2D eigenvalue weighted by molar-refractivity contribution is 5.28. The standard InChI is InChI=1S/C8H15N5O/c1-6-5-13(4-3-7(6)14)8-9-10-11-12(8)2/h6-7,14H,3-5H2,1-2H3. The maximum absolute atomic E-state index is 9.58. The zero-order valence-corrected chi connectivity index (χ0v) is 8.46. The van der Waals surface area contributed by atoms with Crippen molar-refractivity contribution < 1.29 is 5.11 Å². The van der Waals surface area contributed by atoms with Gasteiger partial charge in [0.1, 0.15) is 0 Å². The van der Waals surface area contributed by atoms with E-state index in [1.54, 1.807) is 4.68 Å². The molecule has 0 spiro atoms. The molecule has 0 radical (unpaired) electrons. The smallest absolute Gasteiger partial charge is 0.245 e. The Labute approximate surface area is 82.5 Å². The minimum absolute atomic E-state index is 0.188. The predicted octanol–water partition coefficient (Wildman–Crippen LogP) is -0.583. The van der Waals surface area contributed by atoms with Crippen LogP contribution in [-0.4, -0.2) is 44.5 Å². The molecule has 6 heteroatoms. The van der Waals surface area contributed by atoms with Crippen LogP contribution in [0.15, 0.2) is 0 Å². The third kappa shape index (κ3) is 1.57. The molecule has 1 aromatic rings. The van der Waals surface area contributed by atoms with Crippen LogP contribution in [0.4, 0.5) is 5.95 Å². The lowest BCUT2D eigenvalue weighted by Crippen LogP contribution is -2.43. The number of aryl methyl sites for hydroxylation is 1. The molecule has 2 unspecified atom stereocenters. The molecule has 6 nitrogen and oxygen atoms in total. The van der Waals surface area contributed by atoms with Crippen molar-refractivity contribution in [3.8, 4) is 0 Å². The summed E-state index contributed by atoms with van der Waals surface area (Å²) in [6.45, 7) is 3.68. The molecule has 2 atom stereocenters. The van der Waals surface area contributed by atoms with Gasteiger partial charge in [0.2, 0.25) is 5.95 Å². The summed E-state index contributed by atoms with van der Waals surface area (Å²) in [5.41, 5.74) is 0. The number of tetrazole rings is 1. The summed E-state index contributed by atoms with van der Waals surface area (Å²) in [6, 6.07) is 0. The van der Waals surface area contributed by atoms with Gasteiger partial charge in [-0.1, -0.05) is 12.0 Å². The third-order valence-corrected chi connectivity index (χ3v) is 2.74. The fraction of sp³-hybridized carbons (Fsp3) is 0.875. The second kappa shape index (κ2) is 3.53. The van der Waals surface area contributed by atoms with E-state index in [0.29, 0.717) is 0 Å². The minimum atomic E-state index is -0.188. The van der Waals surface area contributed by atoms with E-state index in [1.807, 2.05) is 14.0 Å². The van der Waals surface area contributed by atoms with Gasteiger partial charge >= 0.3 is 0 Å². The van der Waals surface area contributed by atoms with E-state index in [-0.39, 0.29) is 12.0 Å². The quantitative estimate of drug-likeness (QED) is 0.652. The maximum Gasteiger partial charge on any atom is 0.245 e. The number of aliphatic hydroxyl groups excluding tert-OH is 1. The molecular weight excluding hydrogens is 182 g/mol. The van der Waals surface area contributed by atoms with Gasteiger partial charge in [0.05, 0.1) is 6.10 Å². The number of nitrogens with zero attached hydrogens (tertiary/aromatic N) is 5. The van der Waals surface area contributed by atoms with Gasteiger partial charge in [0.15, 0.2) is 0 Å². The fourth-order valence-electron chi connectivity index (χ4n) is 1.81. The summed E-state index contributed by atoms with van der Waals surface area (Å²) in [6.07, 6.45) is 0.598. The van der Waals surface area contributed by atoms with Gasteiger partial charge in [-0.15, -0.1) is 0 Å². The first-order valence-corrected chi connectivity index (χ1v) is 4.84. The second-order valence-corrected chi connectivity index (χ2v) is 3.88. The molecule has 14 heavy (non-hydrogen) atoms. The highest BCUT2D eigenvalue weighted by atomic mass is 16.3. The summed E-state index contributed by atoms with van der Waals surface area (Å²) in [5, 5.41) is 20.9. The number of anilines is 1. The van der Waals surface area contributed by atoms with Crippen molar-refractivity contribution in [1.82, 2.24) is 20.2 Å². The van der Waals surface area contributed by atoms with E-state index in [0.717, 1.165) is 25.5 Å². The van der Waals surface area contributed by atoms with Crippen molar-refractivity contribution in [2.45, 2.75) is 19.4 Å². The largest absolute Gasteiger partial charge is 0.393 e. The predicted molar refractivity (Wildman–Crippen MR) is 50.8 cm³/mol. The molecule has 1 aromatic heterocycles. The molecule has 2 heterocycles. The summed E-state index contributed by atoms with van der Waals surface area (Å²) in [7, 11) is 1.82. The van der Waals surface area contributed by atoms with Crippen LogP contribution in [0.2, 0.25) is 0 Å². The Kier molecular flexibility index (Phi) is 2.37. The lowest BCUT2D eigenvalue weighted by Gasteiger charge is -2.34. The van der Waals surface area contributed by atoms with E-state index < -0.39 is 0 Å². The first-order chi connectivity index (χ1) is 6.68. The summed E-state index contributed by atoms with van der Waals surface area (Å²) in [4.78, 5) is 2.11. The molecule has 1 aliphatic heterocycles. The van der Waals surface area contributed by atoms with Crippen molar-refractivity contribution in [2.75, 3.05) is 18.0 Å². The second-order valence-electron chi connectivity index (χ2n) is 3.88. The summed E-state index contributed by atoms with van der Waals surface area (Å²) in [5.74, 6) is 1.06. The highest BCUT2D eigenvalue weighted by Gasteiger charge is 2.26. The summed E-state index contributed by atoms with van der Waals surface area (Å²) < 4.78 is 1.66. The number of rotatable bonds is 1. The monoisotopic (exact) mass is 197 g/mol. The van der Waals surface area contributed by atoms with E-state index in [4.69, 9.17) is 0 Å². The van der Waals surface area contributed by atoms with Crippen molar-refractivity contribution in [3.05, 3.63) is 0 Å². The zero-order valence-electron chi connectivity index (χ0n) is 8.46. The maximum atomic E-state index is 9.58. The topological polar surface area (TPSA) is 67.1 Å². The van der Waals surface area contributed by atoms with Crippen molar-refractivity contribution >= 4 is 5.95 Å². The van der Waals surface area contributed by atoms with Crippen molar-refractivity contribution in [3.63, 3.8) is 0 Å². The molecule has 1 aliphatic rings. The molecule has 0 amide bonds. The van der Waals surface area contributed by atoms with Crippen LogP contribution >= 0.6 is 0 Å².